The molecule has 0 spiro atoms. The molecule has 1 aliphatic rings. The minimum Gasteiger partial charge on any atom is -0.481 e. The van der Waals surface area contributed by atoms with Gasteiger partial charge in [0, 0.05) is 25.6 Å². The molecule has 15 nitrogen and oxygen atoms in total. The molecule has 3 rings (SSSR count). The fraction of sp³-hybridized carbons (Fsp3) is 0.417. The van der Waals surface area contributed by atoms with Crippen molar-refractivity contribution in [1.29, 1.82) is 0 Å². The van der Waals surface area contributed by atoms with E-state index >= 15 is 0 Å². The zero-order valence-corrected chi connectivity index (χ0v) is 21.1. The van der Waals surface area contributed by atoms with E-state index in [0.717, 1.165) is 0 Å². The highest BCUT2D eigenvalue weighted by atomic mass is 16.8. The molecule has 0 bridgehead atoms. The van der Waals surface area contributed by atoms with E-state index in [4.69, 9.17) is 24.5 Å². The molecule has 2 amide bonds. The molecule has 1 saturated heterocycles. The first-order valence-electron chi connectivity index (χ1n) is 12.1. The van der Waals surface area contributed by atoms with Gasteiger partial charge in [0.25, 0.3) is 5.91 Å². The number of carboxylic acid groups (broad SMARTS) is 2. The number of rotatable bonds is 12. The van der Waals surface area contributed by atoms with E-state index in [1.807, 2.05) is 0 Å². The number of benzene rings is 1. The van der Waals surface area contributed by atoms with Crippen molar-refractivity contribution in [3.63, 3.8) is 0 Å². The zero-order valence-electron chi connectivity index (χ0n) is 21.1. The minimum absolute atomic E-state index is 0.0140. The molecule has 0 radical (unpaired) electrons. The third-order valence-corrected chi connectivity index (χ3v) is 5.52. The summed E-state index contributed by atoms with van der Waals surface area (Å²) in [6, 6.07) is 8.59. The van der Waals surface area contributed by atoms with Crippen molar-refractivity contribution in [2.75, 3.05) is 39.4 Å². The molecule has 0 saturated carbocycles. The Morgan fingerprint density at radius 1 is 1.03 bits per heavy atom. The lowest BCUT2D eigenvalue weighted by molar-refractivity contribution is -0.157. The number of nitrogens with one attached hydrogen (secondary N) is 1. The number of hydrogen-bond donors (Lipinski definition) is 3. The Morgan fingerprint density at radius 3 is 2.33 bits per heavy atom. The van der Waals surface area contributed by atoms with E-state index in [1.165, 1.54) is 20.7 Å². The monoisotopic (exact) mass is 547 g/mol. The molecule has 0 aliphatic carbocycles. The van der Waals surface area contributed by atoms with Gasteiger partial charge in [-0.3, -0.25) is 14.4 Å². The normalized spacial score (nSPS) is 14.2. The van der Waals surface area contributed by atoms with Crippen LogP contribution in [0.1, 0.15) is 30.3 Å². The van der Waals surface area contributed by atoms with Gasteiger partial charge in [-0.15, -0.1) is 5.06 Å². The number of piperazine rings is 1. The van der Waals surface area contributed by atoms with Crippen molar-refractivity contribution in [2.45, 2.75) is 25.8 Å². The number of ether oxygens (including phenoxy) is 2. The van der Waals surface area contributed by atoms with Crippen LogP contribution in [0.4, 0.5) is 4.79 Å². The van der Waals surface area contributed by atoms with Crippen molar-refractivity contribution >= 4 is 29.9 Å². The maximum Gasteiger partial charge on any atom is 0.527 e. The third-order valence-electron chi connectivity index (χ3n) is 5.52. The predicted molar refractivity (Wildman–Crippen MR) is 131 cm³/mol. The molecule has 39 heavy (non-hydrogen) atoms. The van der Waals surface area contributed by atoms with E-state index in [9.17, 15) is 24.0 Å². The topological polar surface area (TPSA) is 190 Å². The largest absolute Gasteiger partial charge is 0.527 e. The molecular weight excluding hydrogens is 518 g/mol. The van der Waals surface area contributed by atoms with Crippen LogP contribution in [0.5, 0.6) is 5.88 Å². The molecule has 15 heteroatoms. The molecule has 1 aromatic carbocycles. The van der Waals surface area contributed by atoms with Crippen molar-refractivity contribution < 1.29 is 48.5 Å². The van der Waals surface area contributed by atoms with Gasteiger partial charge < -0.3 is 34.7 Å². The van der Waals surface area contributed by atoms with Gasteiger partial charge in [-0.05, 0) is 25.5 Å². The van der Waals surface area contributed by atoms with E-state index in [-0.39, 0.29) is 57.2 Å². The molecule has 0 unspecified atom stereocenters. The molecule has 2 heterocycles. The Hall–Kier alpha value is -4.66. The van der Waals surface area contributed by atoms with Crippen LogP contribution < -0.4 is 10.1 Å². The van der Waals surface area contributed by atoms with Crippen molar-refractivity contribution in [1.82, 2.24) is 25.1 Å². The smallest absolute Gasteiger partial charge is 0.481 e. The molecule has 3 N–H and O–H groups in total. The van der Waals surface area contributed by atoms with Crippen LogP contribution in [-0.4, -0.2) is 105 Å². The fourth-order valence-corrected chi connectivity index (χ4v) is 3.69. The number of aliphatic carboxylic acids is 2. The number of carbonyl (C=O) groups is 5. The molecule has 1 fully saturated rings. The third kappa shape index (κ3) is 8.43. The van der Waals surface area contributed by atoms with Crippen LogP contribution in [0.3, 0.4) is 0 Å². The zero-order chi connectivity index (χ0) is 28.4. The second-order valence-electron chi connectivity index (χ2n) is 8.28. The highest BCUT2D eigenvalue weighted by Crippen LogP contribution is 2.20. The summed E-state index contributed by atoms with van der Waals surface area (Å²) < 4.78 is 11.3. The molecular formula is C24H29N5O10. The molecule has 1 aliphatic heterocycles. The first-order valence-corrected chi connectivity index (χ1v) is 12.1. The Morgan fingerprint density at radius 2 is 1.72 bits per heavy atom. The van der Waals surface area contributed by atoms with Crippen LogP contribution in [0.25, 0.3) is 5.69 Å². The maximum absolute atomic E-state index is 13.2. The summed E-state index contributed by atoms with van der Waals surface area (Å²) in [4.78, 5) is 66.5. The summed E-state index contributed by atoms with van der Waals surface area (Å²) in [6.45, 7) is 1.82. The molecule has 1 aromatic heterocycles. The highest BCUT2D eigenvalue weighted by Gasteiger charge is 2.31. The van der Waals surface area contributed by atoms with Gasteiger partial charge in [0.1, 0.15) is 6.04 Å². The average Bonchev–Trinajstić information content (AvgIpc) is 3.35. The average molecular weight is 548 g/mol. The lowest BCUT2D eigenvalue weighted by Crippen LogP contribution is -2.55. The number of hydroxylamine groups is 2. The SMILES string of the molecule is CCOC(=O)ON1CCN(C(=O)[C@H](CCC(=O)O)NC(=O)c2cc(OCC(=O)O)n(-c3ccccc3)n2)CC1. The van der Waals surface area contributed by atoms with Crippen LogP contribution in [0.2, 0.25) is 0 Å². The first-order chi connectivity index (χ1) is 18.7. The van der Waals surface area contributed by atoms with Gasteiger partial charge in [-0.2, -0.15) is 5.10 Å². The molecule has 1 atom stereocenters. The standard InChI is InChI=1S/C24H29N5O10/c1-2-37-24(36)39-28-12-10-27(11-13-28)23(35)17(8-9-20(30)31)25-22(34)18-14-19(38-15-21(32)33)29(26-18)16-6-4-3-5-7-16/h3-7,14,17H,2,8-13,15H2,1H3,(H,25,34)(H,30,31)(H,32,33)/t17-/m0/s1. The molecule has 210 valence electrons. The van der Waals surface area contributed by atoms with Crippen molar-refractivity contribution in [3.05, 3.63) is 42.1 Å². The maximum atomic E-state index is 13.2. The van der Waals surface area contributed by atoms with Gasteiger partial charge >= 0.3 is 18.1 Å². The summed E-state index contributed by atoms with van der Waals surface area (Å²) in [5, 5.41) is 26.2. The van der Waals surface area contributed by atoms with Crippen molar-refractivity contribution in [2.24, 2.45) is 0 Å². The minimum atomic E-state index is -1.23. The van der Waals surface area contributed by atoms with E-state index in [0.29, 0.717) is 5.69 Å². The second-order valence-corrected chi connectivity index (χ2v) is 8.28. The number of para-hydroxylation sites is 1. The summed E-state index contributed by atoms with van der Waals surface area (Å²) in [6.07, 6.45) is -1.42. The first kappa shape index (κ1) is 28.9. The highest BCUT2D eigenvalue weighted by molar-refractivity contribution is 5.96. The van der Waals surface area contributed by atoms with Crippen LogP contribution in [0.15, 0.2) is 36.4 Å². The van der Waals surface area contributed by atoms with Crippen LogP contribution in [0, 0.1) is 0 Å². The number of aromatic nitrogens is 2. The Kier molecular flexibility index (Phi) is 10.2. The summed E-state index contributed by atoms with van der Waals surface area (Å²) in [5.41, 5.74) is 0.332. The second kappa shape index (κ2) is 13.8. The van der Waals surface area contributed by atoms with E-state index in [2.05, 4.69) is 10.4 Å². The van der Waals surface area contributed by atoms with Crippen LogP contribution >= 0.6 is 0 Å². The predicted octanol–water partition coefficient (Wildman–Crippen LogP) is 0.531. The van der Waals surface area contributed by atoms with Gasteiger partial charge in [-0.25, -0.2) is 14.3 Å². The number of carbonyl (C=O) groups excluding carboxylic acids is 3. The van der Waals surface area contributed by atoms with Gasteiger partial charge in [0.15, 0.2) is 12.3 Å². The number of nitrogens with zero attached hydrogens (tertiary/aromatic N) is 4. The summed E-state index contributed by atoms with van der Waals surface area (Å²) >= 11 is 0. The van der Waals surface area contributed by atoms with Gasteiger partial charge in [-0.1, -0.05) is 18.2 Å². The number of carboxylic acids is 2. The Balaban J connectivity index is 1.73. The summed E-state index contributed by atoms with van der Waals surface area (Å²) in [5.74, 6) is -3.68. The van der Waals surface area contributed by atoms with E-state index < -0.39 is 42.6 Å². The van der Waals surface area contributed by atoms with Crippen molar-refractivity contribution in [3.8, 4) is 11.6 Å². The number of amides is 2. The Labute approximate surface area is 222 Å². The fourth-order valence-electron chi connectivity index (χ4n) is 3.69. The van der Waals surface area contributed by atoms with Gasteiger partial charge in [0.2, 0.25) is 11.8 Å². The molecule has 2 aromatic rings. The van der Waals surface area contributed by atoms with E-state index in [1.54, 1.807) is 37.3 Å². The quantitative estimate of drug-likeness (QED) is 0.313. The van der Waals surface area contributed by atoms with Gasteiger partial charge in [0.05, 0.1) is 25.4 Å². The Bertz CT molecular complexity index is 1180. The number of hydrogen-bond acceptors (Lipinski definition) is 10. The van der Waals surface area contributed by atoms with Crippen LogP contribution in [-0.2, 0) is 24.0 Å². The lowest BCUT2D eigenvalue weighted by atomic mass is 10.1. The lowest BCUT2D eigenvalue weighted by Gasteiger charge is -2.35. The summed E-state index contributed by atoms with van der Waals surface area (Å²) in [7, 11) is 0.